The number of aryl methyl sites for hydroxylation is 1. The smallest absolute Gasteiger partial charge is 0.170 e. The van der Waals surface area contributed by atoms with E-state index >= 15 is 0 Å². The summed E-state index contributed by atoms with van der Waals surface area (Å²) in [5.74, 6) is 8.49. The lowest BCUT2D eigenvalue weighted by molar-refractivity contribution is 0.400. The first-order chi connectivity index (χ1) is 18.0. The predicted octanol–water partition coefficient (Wildman–Crippen LogP) is 5.87. The summed E-state index contributed by atoms with van der Waals surface area (Å²) in [5.41, 5.74) is 9.94. The molecular formula is C27H21Br2N7O. The van der Waals surface area contributed by atoms with Gasteiger partial charge in [0.05, 0.1) is 18.7 Å². The van der Waals surface area contributed by atoms with Gasteiger partial charge in [0.1, 0.15) is 17.3 Å². The molecule has 2 aliphatic rings. The fourth-order valence-electron chi connectivity index (χ4n) is 4.61. The van der Waals surface area contributed by atoms with Crippen molar-refractivity contribution in [2.75, 3.05) is 0 Å². The van der Waals surface area contributed by atoms with Gasteiger partial charge in [-0.05, 0) is 42.3 Å². The molecule has 7 rings (SSSR count). The van der Waals surface area contributed by atoms with E-state index < -0.39 is 0 Å². The minimum Gasteiger partial charge on any atom is -0.360 e. The van der Waals surface area contributed by atoms with Crippen molar-refractivity contribution in [2.24, 2.45) is 10.8 Å². The van der Waals surface area contributed by atoms with Gasteiger partial charge in [-0.25, -0.2) is 5.84 Å². The van der Waals surface area contributed by atoms with Gasteiger partial charge in [-0.15, -0.1) is 10.2 Å². The molecule has 0 saturated carbocycles. The molecule has 0 atom stereocenters. The highest BCUT2D eigenvalue weighted by molar-refractivity contribution is 9.10. The Labute approximate surface area is 229 Å². The van der Waals surface area contributed by atoms with Gasteiger partial charge >= 0.3 is 0 Å². The minimum atomic E-state index is 0.724. The molecule has 0 unspecified atom stereocenters. The standard InChI is InChI=1S/C19H13BrN4O.C8H8BrN3/c1-11-16(17(23-25-11)12-5-3-2-4-6-12)19-22-21-18-15-9-14(20)8-7-13(15)10-24(18)19;9-6-2-1-5-4-11-8(12-10)7(5)3-6/h2-9H,10H2,1H3;1-3H,4,10H2,(H,11,12). The van der Waals surface area contributed by atoms with Crippen LogP contribution in [0.15, 0.2) is 85.2 Å². The first-order valence-electron chi connectivity index (χ1n) is 11.6. The molecule has 4 heterocycles. The van der Waals surface area contributed by atoms with Gasteiger partial charge in [0.2, 0.25) is 0 Å². The van der Waals surface area contributed by atoms with Crippen molar-refractivity contribution >= 4 is 37.7 Å². The summed E-state index contributed by atoms with van der Waals surface area (Å²) in [7, 11) is 0. The zero-order chi connectivity index (χ0) is 25.5. The normalized spacial score (nSPS) is 12.8. The molecule has 0 fully saturated rings. The summed E-state index contributed by atoms with van der Waals surface area (Å²) < 4.78 is 9.70. The van der Waals surface area contributed by atoms with Crippen LogP contribution in [0, 0.1) is 6.92 Å². The Morgan fingerprint density at radius 2 is 1.59 bits per heavy atom. The molecule has 2 aromatic heterocycles. The highest BCUT2D eigenvalue weighted by Gasteiger charge is 2.28. The van der Waals surface area contributed by atoms with Crippen molar-refractivity contribution in [2.45, 2.75) is 20.0 Å². The van der Waals surface area contributed by atoms with E-state index in [9.17, 15) is 0 Å². The average molecular weight is 619 g/mol. The monoisotopic (exact) mass is 617 g/mol. The zero-order valence-corrected chi connectivity index (χ0v) is 22.9. The second-order valence-electron chi connectivity index (χ2n) is 8.67. The molecule has 0 radical (unpaired) electrons. The van der Waals surface area contributed by atoms with E-state index in [4.69, 9.17) is 10.4 Å². The fraction of sp³-hybridized carbons (Fsp3) is 0.111. The van der Waals surface area contributed by atoms with Gasteiger partial charge in [-0.3, -0.25) is 4.99 Å². The number of hydrazine groups is 1. The molecule has 2 aliphatic heterocycles. The van der Waals surface area contributed by atoms with Crippen LogP contribution in [0.4, 0.5) is 0 Å². The topological polar surface area (TPSA) is 107 Å². The number of nitrogens with zero attached hydrogens (tertiary/aromatic N) is 5. The van der Waals surface area contributed by atoms with E-state index in [1.54, 1.807) is 0 Å². The predicted molar refractivity (Wildman–Crippen MR) is 150 cm³/mol. The van der Waals surface area contributed by atoms with Gasteiger partial charge in [-0.1, -0.05) is 79.5 Å². The van der Waals surface area contributed by atoms with Crippen LogP contribution in [-0.4, -0.2) is 25.8 Å². The lowest BCUT2D eigenvalue weighted by atomic mass is 10.1. The summed E-state index contributed by atoms with van der Waals surface area (Å²) in [4.78, 5) is 4.22. The van der Waals surface area contributed by atoms with Crippen LogP contribution < -0.4 is 11.3 Å². The number of nitrogens with one attached hydrogen (secondary N) is 1. The van der Waals surface area contributed by atoms with Crippen LogP contribution in [0.3, 0.4) is 0 Å². The highest BCUT2D eigenvalue weighted by Crippen LogP contribution is 2.39. The van der Waals surface area contributed by atoms with Crippen molar-refractivity contribution in [3.63, 3.8) is 0 Å². The van der Waals surface area contributed by atoms with Crippen LogP contribution in [0.1, 0.15) is 22.5 Å². The van der Waals surface area contributed by atoms with Gasteiger partial charge in [0, 0.05) is 25.6 Å². The molecule has 0 bridgehead atoms. The Bertz CT molecular complexity index is 1660. The molecule has 3 aromatic carbocycles. The number of hydrogen-bond donors (Lipinski definition) is 2. The molecule has 0 amide bonds. The van der Waals surface area contributed by atoms with Crippen LogP contribution >= 0.6 is 31.9 Å². The molecule has 10 heteroatoms. The van der Waals surface area contributed by atoms with Crippen molar-refractivity contribution in [1.29, 1.82) is 0 Å². The number of nitrogens with two attached hydrogens (primary N) is 1. The molecule has 8 nitrogen and oxygen atoms in total. The number of hydrogen-bond acceptors (Lipinski definition) is 7. The van der Waals surface area contributed by atoms with Gasteiger partial charge in [0.15, 0.2) is 11.6 Å². The van der Waals surface area contributed by atoms with Crippen molar-refractivity contribution in [1.82, 2.24) is 25.3 Å². The van der Waals surface area contributed by atoms with Crippen LogP contribution in [0.2, 0.25) is 0 Å². The first kappa shape index (κ1) is 23.8. The SMILES string of the molecule is Cc1onc(-c2ccccc2)c1-c1nnc2n1Cc1ccc(Br)cc1-2.NNC1=NCc2ccc(Br)cc21. The fourth-order valence-corrected chi connectivity index (χ4v) is 5.33. The average Bonchev–Trinajstić information content (AvgIpc) is 3.67. The van der Waals surface area contributed by atoms with Crippen LogP contribution in [0.25, 0.3) is 34.0 Å². The molecular weight excluding hydrogens is 598 g/mol. The van der Waals surface area contributed by atoms with E-state index in [0.717, 1.165) is 73.2 Å². The summed E-state index contributed by atoms with van der Waals surface area (Å²) >= 11 is 6.93. The molecule has 37 heavy (non-hydrogen) atoms. The largest absolute Gasteiger partial charge is 0.360 e. The van der Waals surface area contributed by atoms with E-state index in [-0.39, 0.29) is 0 Å². The molecule has 3 N–H and O–H groups in total. The maximum Gasteiger partial charge on any atom is 0.170 e. The van der Waals surface area contributed by atoms with E-state index in [1.807, 2.05) is 55.5 Å². The number of fused-ring (bicyclic) bond motifs is 4. The Balaban J connectivity index is 0.000000176. The van der Waals surface area contributed by atoms with Gasteiger partial charge in [-0.2, -0.15) is 0 Å². The van der Waals surface area contributed by atoms with Crippen molar-refractivity contribution < 1.29 is 4.52 Å². The maximum atomic E-state index is 5.49. The molecule has 5 aromatic rings. The van der Waals surface area contributed by atoms with Crippen molar-refractivity contribution in [3.8, 4) is 34.0 Å². The maximum absolute atomic E-state index is 5.49. The van der Waals surface area contributed by atoms with Gasteiger partial charge < -0.3 is 14.5 Å². The Morgan fingerprint density at radius 1 is 0.892 bits per heavy atom. The molecule has 0 aliphatic carbocycles. The number of aromatic nitrogens is 4. The molecule has 0 saturated heterocycles. The number of benzene rings is 3. The number of aliphatic imine (C=N–C) groups is 1. The molecule has 184 valence electrons. The zero-order valence-electron chi connectivity index (χ0n) is 19.7. The Kier molecular flexibility index (Phi) is 6.23. The van der Waals surface area contributed by atoms with Crippen molar-refractivity contribution in [3.05, 3.63) is 98.1 Å². The third kappa shape index (κ3) is 4.30. The highest BCUT2D eigenvalue weighted by atomic mass is 79.9. The minimum absolute atomic E-state index is 0.724. The van der Waals surface area contributed by atoms with E-state index in [0.29, 0.717) is 0 Å². The summed E-state index contributed by atoms with van der Waals surface area (Å²) in [6, 6.07) is 22.3. The lowest BCUT2D eigenvalue weighted by Crippen LogP contribution is -2.29. The lowest BCUT2D eigenvalue weighted by Gasteiger charge is -2.04. The summed E-state index contributed by atoms with van der Waals surface area (Å²) in [6.07, 6.45) is 0. The van der Waals surface area contributed by atoms with Gasteiger partial charge in [0.25, 0.3) is 0 Å². The van der Waals surface area contributed by atoms with Crippen LogP contribution in [-0.2, 0) is 13.1 Å². The quantitative estimate of drug-likeness (QED) is 0.186. The third-order valence-electron chi connectivity index (χ3n) is 6.40. The molecule has 0 spiro atoms. The first-order valence-corrected chi connectivity index (χ1v) is 13.2. The second kappa shape index (κ2) is 9.70. The van der Waals surface area contributed by atoms with E-state index in [1.165, 1.54) is 11.1 Å². The summed E-state index contributed by atoms with van der Waals surface area (Å²) in [5, 5.41) is 13.2. The Hall–Kier alpha value is -3.60. The third-order valence-corrected chi connectivity index (χ3v) is 7.38. The second-order valence-corrected chi connectivity index (χ2v) is 10.5. The number of halogens is 2. The van der Waals surface area contributed by atoms with E-state index in [2.05, 4.69) is 80.4 Å². The Morgan fingerprint density at radius 3 is 2.35 bits per heavy atom. The number of amidine groups is 1. The summed E-state index contributed by atoms with van der Waals surface area (Å²) in [6.45, 7) is 3.39. The number of rotatable bonds is 2. The van der Waals surface area contributed by atoms with Crippen LogP contribution in [0.5, 0.6) is 0 Å².